The molecule has 0 fully saturated rings. The summed E-state index contributed by atoms with van der Waals surface area (Å²) in [6.45, 7) is 2.15. The van der Waals surface area contributed by atoms with Crippen LogP contribution in [0, 0.1) is 6.92 Å². The molecule has 3 heterocycles. The second-order valence-corrected chi connectivity index (χ2v) is 6.65. The average Bonchev–Trinajstić information content (AvgIpc) is 3.27. The van der Waals surface area contributed by atoms with Crippen molar-refractivity contribution in [1.29, 1.82) is 0 Å². The van der Waals surface area contributed by atoms with Gasteiger partial charge in [-0.25, -0.2) is 9.55 Å². The van der Waals surface area contributed by atoms with Crippen LogP contribution in [0.15, 0.2) is 79.4 Å². The number of rotatable bonds is 2. The summed E-state index contributed by atoms with van der Waals surface area (Å²) in [7, 11) is 2.09. The number of aryl methyl sites for hydroxylation is 2. The molecule has 126 valence electrons. The van der Waals surface area contributed by atoms with Gasteiger partial charge in [0.25, 0.3) is 5.82 Å². The SMILES string of the molecule is Cc1ccc2cn3cccc3nc2c1-c1n(-c2ccccc2)cc[n+]1C. The maximum absolute atomic E-state index is 4.97. The van der Waals surface area contributed by atoms with E-state index in [2.05, 4.69) is 82.5 Å². The van der Waals surface area contributed by atoms with E-state index in [0.29, 0.717) is 0 Å². The molecule has 0 spiro atoms. The molecule has 0 aliphatic carbocycles. The first-order valence-electron chi connectivity index (χ1n) is 8.72. The lowest BCUT2D eigenvalue weighted by molar-refractivity contribution is -0.659. The van der Waals surface area contributed by atoms with Gasteiger partial charge in [0, 0.05) is 17.8 Å². The molecule has 5 rings (SSSR count). The molecule has 2 aromatic carbocycles. The van der Waals surface area contributed by atoms with Crippen LogP contribution in [0.4, 0.5) is 0 Å². The van der Waals surface area contributed by atoms with Crippen LogP contribution in [0.1, 0.15) is 5.56 Å². The molecular weight excluding hydrogens is 320 g/mol. The fourth-order valence-corrected chi connectivity index (χ4v) is 3.64. The van der Waals surface area contributed by atoms with Crippen LogP contribution in [0.5, 0.6) is 0 Å². The smallest absolute Gasteiger partial charge is 0.296 e. The molecule has 0 unspecified atom stereocenters. The topological polar surface area (TPSA) is 26.1 Å². The number of para-hydroxylation sites is 1. The first kappa shape index (κ1) is 14.9. The Balaban J connectivity index is 1.88. The standard InChI is InChI=1S/C22H19N4/c1-16-10-11-17-15-25-12-6-9-19(25)23-21(17)20(16)22-24(2)13-14-26(22)18-7-4-3-5-8-18/h3-15H,1-2H3/q+1. The van der Waals surface area contributed by atoms with Crippen molar-refractivity contribution in [2.45, 2.75) is 6.92 Å². The summed E-state index contributed by atoms with van der Waals surface area (Å²) in [6, 6.07) is 18.8. The maximum Gasteiger partial charge on any atom is 0.296 e. The van der Waals surface area contributed by atoms with Crippen LogP contribution in [0.25, 0.3) is 33.6 Å². The van der Waals surface area contributed by atoms with E-state index in [1.807, 2.05) is 24.4 Å². The summed E-state index contributed by atoms with van der Waals surface area (Å²) in [4.78, 5) is 4.97. The predicted octanol–water partition coefficient (Wildman–Crippen LogP) is 4.08. The van der Waals surface area contributed by atoms with Crippen molar-refractivity contribution in [3.63, 3.8) is 0 Å². The third-order valence-corrected chi connectivity index (χ3v) is 4.94. The molecule has 26 heavy (non-hydrogen) atoms. The van der Waals surface area contributed by atoms with Crippen molar-refractivity contribution in [2.24, 2.45) is 7.05 Å². The minimum absolute atomic E-state index is 0.963. The van der Waals surface area contributed by atoms with Crippen LogP contribution in [0.3, 0.4) is 0 Å². The molecule has 0 atom stereocenters. The Morgan fingerprint density at radius 2 is 1.77 bits per heavy atom. The lowest BCUT2D eigenvalue weighted by Crippen LogP contribution is -2.29. The maximum atomic E-state index is 4.97. The van der Waals surface area contributed by atoms with Gasteiger partial charge in [-0.05, 0) is 36.8 Å². The fourth-order valence-electron chi connectivity index (χ4n) is 3.64. The van der Waals surface area contributed by atoms with Crippen molar-refractivity contribution < 1.29 is 4.57 Å². The molecule has 5 aromatic rings. The Morgan fingerprint density at radius 3 is 2.62 bits per heavy atom. The van der Waals surface area contributed by atoms with Gasteiger partial charge in [0.1, 0.15) is 23.7 Å². The molecule has 0 saturated carbocycles. The predicted molar refractivity (Wildman–Crippen MR) is 103 cm³/mol. The third-order valence-electron chi connectivity index (χ3n) is 4.94. The van der Waals surface area contributed by atoms with Crippen molar-refractivity contribution in [3.8, 4) is 17.1 Å². The highest BCUT2D eigenvalue weighted by Gasteiger charge is 2.24. The van der Waals surface area contributed by atoms with Gasteiger partial charge in [0.05, 0.1) is 18.1 Å². The first-order chi connectivity index (χ1) is 12.7. The number of hydrogen-bond acceptors (Lipinski definition) is 1. The summed E-state index contributed by atoms with van der Waals surface area (Å²) >= 11 is 0. The highest BCUT2D eigenvalue weighted by Crippen LogP contribution is 2.30. The summed E-state index contributed by atoms with van der Waals surface area (Å²) in [6.07, 6.45) is 8.39. The number of fused-ring (bicyclic) bond motifs is 2. The van der Waals surface area contributed by atoms with Gasteiger partial charge in [0.15, 0.2) is 0 Å². The van der Waals surface area contributed by atoms with E-state index >= 15 is 0 Å². The van der Waals surface area contributed by atoms with Gasteiger partial charge in [-0.2, -0.15) is 4.57 Å². The molecule has 0 saturated heterocycles. The Kier molecular flexibility index (Phi) is 3.19. The highest BCUT2D eigenvalue weighted by molar-refractivity contribution is 5.94. The van der Waals surface area contributed by atoms with E-state index in [0.717, 1.165) is 28.1 Å². The van der Waals surface area contributed by atoms with Gasteiger partial charge in [-0.1, -0.05) is 30.3 Å². The van der Waals surface area contributed by atoms with E-state index in [1.54, 1.807) is 0 Å². The van der Waals surface area contributed by atoms with Crippen LogP contribution < -0.4 is 4.57 Å². The van der Waals surface area contributed by atoms with E-state index in [4.69, 9.17) is 4.98 Å². The number of aromatic nitrogens is 4. The average molecular weight is 339 g/mol. The normalized spacial score (nSPS) is 11.5. The summed E-state index contributed by atoms with van der Waals surface area (Å²) < 4.78 is 6.46. The van der Waals surface area contributed by atoms with E-state index in [-0.39, 0.29) is 0 Å². The number of nitrogens with zero attached hydrogens (tertiary/aromatic N) is 4. The van der Waals surface area contributed by atoms with Crippen molar-refractivity contribution in [3.05, 3.63) is 84.9 Å². The molecule has 0 bridgehead atoms. The van der Waals surface area contributed by atoms with E-state index in [1.165, 1.54) is 11.1 Å². The van der Waals surface area contributed by atoms with Crippen LogP contribution >= 0.6 is 0 Å². The van der Waals surface area contributed by atoms with E-state index < -0.39 is 0 Å². The fraction of sp³-hybridized carbons (Fsp3) is 0.0909. The molecule has 0 N–H and O–H groups in total. The molecule has 4 nitrogen and oxygen atoms in total. The summed E-state index contributed by atoms with van der Waals surface area (Å²) in [5.74, 6) is 1.13. The van der Waals surface area contributed by atoms with Gasteiger partial charge >= 0.3 is 0 Å². The van der Waals surface area contributed by atoms with Gasteiger partial charge in [-0.3, -0.25) is 0 Å². The van der Waals surface area contributed by atoms with Gasteiger partial charge < -0.3 is 4.40 Å². The monoisotopic (exact) mass is 339 g/mol. The minimum Gasteiger partial charge on any atom is -0.308 e. The molecule has 0 amide bonds. The summed E-state index contributed by atoms with van der Waals surface area (Å²) in [5, 5.41) is 1.13. The molecule has 0 aliphatic rings. The first-order valence-corrected chi connectivity index (χ1v) is 8.72. The van der Waals surface area contributed by atoms with Crippen molar-refractivity contribution in [1.82, 2.24) is 14.0 Å². The molecule has 0 radical (unpaired) electrons. The highest BCUT2D eigenvalue weighted by atomic mass is 15.1. The zero-order valence-electron chi connectivity index (χ0n) is 14.8. The number of benzene rings is 2. The Bertz CT molecular complexity index is 1250. The molecule has 4 heteroatoms. The zero-order valence-corrected chi connectivity index (χ0v) is 14.8. The lowest BCUT2D eigenvalue weighted by Gasteiger charge is -2.10. The second kappa shape index (κ2) is 5.56. The minimum atomic E-state index is 0.963. The number of hydrogen-bond donors (Lipinski definition) is 0. The van der Waals surface area contributed by atoms with Crippen molar-refractivity contribution >= 4 is 16.6 Å². The zero-order chi connectivity index (χ0) is 17.7. The quantitative estimate of drug-likeness (QED) is 0.445. The largest absolute Gasteiger partial charge is 0.308 e. The van der Waals surface area contributed by atoms with E-state index in [9.17, 15) is 0 Å². The van der Waals surface area contributed by atoms with Crippen LogP contribution in [-0.4, -0.2) is 14.0 Å². The lowest BCUT2D eigenvalue weighted by atomic mass is 10.0. The Hall–Kier alpha value is -3.40. The Morgan fingerprint density at radius 1 is 0.923 bits per heavy atom. The van der Waals surface area contributed by atoms with Gasteiger partial charge in [0.2, 0.25) is 0 Å². The van der Waals surface area contributed by atoms with Crippen LogP contribution in [-0.2, 0) is 7.05 Å². The molecular formula is C22H19N4+. The number of imidazole rings is 1. The van der Waals surface area contributed by atoms with Crippen molar-refractivity contribution in [2.75, 3.05) is 0 Å². The van der Waals surface area contributed by atoms with Crippen LogP contribution in [0.2, 0.25) is 0 Å². The summed E-state index contributed by atoms with van der Waals surface area (Å²) in [5.41, 5.74) is 5.52. The second-order valence-electron chi connectivity index (χ2n) is 6.65. The molecule has 0 aliphatic heterocycles. The Labute approximate surface area is 151 Å². The van der Waals surface area contributed by atoms with Gasteiger partial charge in [-0.15, -0.1) is 0 Å². The third kappa shape index (κ3) is 2.15. The molecule has 3 aromatic heterocycles.